The van der Waals surface area contributed by atoms with Gasteiger partial charge in [0.1, 0.15) is 19.3 Å². The van der Waals surface area contributed by atoms with Gasteiger partial charge in [0, 0.05) is 25.7 Å². The number of phosphoric acid groups is 2. The molecule has 19 heteroatoms. The normalized spacial score (nSPS) is 14.5. The number of esters is 4. The standard InChI is InChI=1S/C66H128O17P2/c1-6-10-13-16-19-22-23-24-25-26-31-35-40-45-50-64(69)77-56-62(83-66(71)52-47-42-37-32-28-27-30-33-38-43-48-59(5)9-4)58-81-85(74,75)79-54-60(67)53-78-84(72,73)80-57-61(55-76-63(68)49-44-39-34-21-18-15-12-8-3)82-65(70)51-46-41-36-29-20-17-14-11-7-2/h59-62,67H,6-58H2,1-5H3,(H,72,73)(H,74,75)/t59?,60-,61+,62+/m0/s1. The Balaban J connectivity index is 5.22. The molecule has 0 heterocycles. The van der Waals surface area contributed by atoms with Crippen LogP contribution in [0.4, 0.5) is 0 Å². The van der Waals surface area contributed by atoms with Crippen LogP contribution in [-0.2, 0) is 65.4 Å². The van der Waals surface area contributed by atoms with E-state index in [1.54, 1.807) is 0 Å². The first-order chi connectivity index (χ1) is 41.1. The number of carbonyl (C=O) groups excluding carboxylic acids is 4. The zero-order chi connectivity index (χ0) is 62.8. The average molecular weight is 1260 g/mol. The Morgan fingerprint density at radius 1 is 0.329 bits per heavy atom. The van der Waals surface area contributed by atoms with E-state index in [4.69, 9.17) is 37.0 Å². The van der Waals surface area contributed by atoms with Crippen LogP contribution in [-0.4, -0.2) is 96.7 Å². The maximum absolute atomic E-state index is 13.0. The fourth-order valence-corrected chi connectivity index (χ4v) is 11.5. The van der Waals surface area contributed by atoms with Crippen molar-refractivity contribution in [2.45, 2.75) is 355 Å². The average Bonchev–Trinajstić information content (AvgIpc) is 3.51. The number of rotatable bonds is 66. The first-order valence-corrected chi connectivity index (χ1v) is 37.7. The Bertz CT molecular complexity index is 1650. The van der Waals surface area contributed by atoms with Gasteiger partial charge >= 0.3 is 39.5 Å². The third kappa shape index (κ3) is 59.5. The number of hydrogen-bond acceptors (Lipinski definition) is 15. The van der Waals surface area contributed by atoms with Crippen LogP contribution in [0.3, 0.4) is 0 Å². The summed E-state index contributed by atoms with van der Waals surface area (Å²) in [5.74, 6) is -1.33. The summed E-state index contributed by atoms with van der Waals surface area (Å²) in [6.07, 6.45) is 44.3. The summed E-state index contributed by atoms with van der Waals surface area (Å²) in [7, 11) is -9.89. The van der Waals surface area contributed by atoms with Crippen molar-refractivity contribution in [3.63, 3.8) is 0 Å². The maximum Gasteiger partial charge on any atom is 0.472 e. The summed E-state index contributed by atoms with van der Waals surface area (Å²) in [5, 5.41) is 10.5. The van der Waals surface area contributed by atoms with Crippen LogP contribution in [0.2, 0.25) is 0 Å². The Labute approximate surface area is 517 Å². The highest BCUT2D eigenvalue weighted by molar-refractivity contribution is 7.47. The first-order valence-electron chi connectivity index (χ1n) is 34.7. The molecule has 0 amide bonds. The quantitative estimate of drug-likeness (QED) is 0.0222. The molecule has 0 spiro atoms. The first kappa shape index (κ1) is 83.1. The molecule has 0 fully saturated rings. The van der Waals surface area contributed by atoms with Crippen molar-refractivity contribution in [2.24, 2.45) is 5.92 Å². The van der Waals surface area contributed by atoms with E-state index in [1.165, 1.54) is 154 Å². The van der Waals surface area contributed by atoms with Gasteiger partial charge in [-0.25, -0.2) is 9.13 Å². The van der Waals surface area contributed by atoms with Gasteiger partial charge in [-0.2, -0.15) is 0 Å². The number of carbonyl (C=O) groups is 4. The van der Waals surface area contributed by atoms with Gasteiger partial charge in [0.25, 0.3) is 0 Å². The second-order valence-corrected chi connectivity index (χ2v) is 27.0. The highest BCUT2D eigenvalue weighted by Crippen LogP contribution is 2.45. The van der Waals surface area contributed by atoms with Gasteiger partial charge in [-0.1, -0.05) is 285 Å². The van der Waals surface area contributed by atoms with Crippen molar-refractivity contribution in [1.29, 1.82) is 0 Å². The van der Waals surface area contributed by atoms with Crippen LogP contribution in [0, 0.1) is 5.92 Å². The smallest absolute Gasteiger partial charge is 0.462 e. The van der Waals surface area contributed by atoms with E-state index in [0.29, 0.717) is 25.7 Å². The summed E-state index contributed by atoms with van der Waals surface area (Å²) in [5.41, 5.74) is 0. The van der Waals surface area contributed by atoms with Crippen LogP contribution >= 0.6 is 15.6 Å². The molecule has 0 saturated heterocycles. The molecule has 0 aliphatic heterocycles. The third-order valence-corrected chi connectivity index (χ3v) is 17.5. The van der Waals surface area contributed by atoms with Gasteiger partial charge in [0.15, 0.2) is 12.2 Å². The molecular formula is C66H128O17P2. The van der Waals surface area contributed by atoms with Gasteiger partial charge < -0.3 is 33.8 Å². The summed E-state index contributed by atoms with van der Waals surface area (Å²) < 4.78 is 68.0. The Hall–Kier alpha value is -1.94. The number of unbranched alkanes of at least 4 members (excludes halogenated alkanes) is 37. The van der Waals surface area contributed by atoms with Crippen LogP contribution < -0.4 is 0 Å². The lowest BCUT2D eigenvalue weighted by Gasteiger charge is -2.21. The molecule has 504 valence electrons. The predicted molar refractivity (Wildman–Crippen MR) is 340 cm³/mol. The molecule has 85 heavy (non-hydrogen) atoms. The van der Waals surface area contributed by atoms with Crippen molar-refractivity contribution in [3.8, 4) is 0 Å². The molecule has 0 aliphatic carbocycles. The van der Waals surface area contributed by atoms with E-state index in [-0.39, 0.29) is 25.7 Å². The van der Waals surface area contributed by atoms with Gasteiger partial charge in [0.05, 0.1) is 26.4 Å². The number of hydrogen-bond donors (Lipinski definition) is 3. The lowest BCUT2D eigenvalue weighted by molar-refractivity contribution is -0.161. The SMILES string of the molecule is CCCCCCCCCCCCCCCCC(=O)OC[C@H](COP(=O)(O)OC[C@@H](O)COP(=O)(O)OC[C@@H](COC(=O)CCCCCCCCCC)OC(=O)CCCCCCCCCCC)OC(=O)CCCCCCCCCCCCC(C)CC. The summed E-state index contributed by atoms with van der Waals surface area (Å²) in [4.78, 5) is 72.2. The summed E-state index contributed by atoms with van der Waals surface area (Å²) in [6, 6.07) is 0. The maximum atomic E-state index is 13.0. The molecule has 0 saturated carbocycles. The van der Waals surface area contributed by atoms with E-state index in [0.717, 1.165) is 102 Å². The number of aliphatic hydroxyl groups excluding tert-OH is 1. The molecule has 0 rings (SSSR count). The lowest BCUT2D eigenvalue weighted by atomic mass is 9.99. The molecule has 17 nitrogen and oxygen atoms in total. The van der Waals surface area contributed by atoms with Crippen LogP contribution in [0.1, 0.15) is 336 Å². The van der Waals surface area contributed by atoms with Crippen LogP contribution in [0.5, 0.6) is 0 Å². The Morgan fingerprint density at radius 3 is 0.835 bits per heavy atom. The molecule has 0 aromatic heterocycles. The molecule has 0 aliphatic rings. The largest absolute Gasteiger partial charge is 0.472 e. The minimum absolute atomic E-state index is 0.106. The zero-order valence-electron chi connectivity index (χ0n) is 54.7. The van der Waals surface area contributed by atoms with Crippen LogP contribution in [0.15, 0.2) is 0 Å². The molecule has 0 aromatic rings. The molecule has 3 N–H and O–H groups in total. The molecule has 0 aromatic carbocycles. The Kier molecular flexibility index (Phi) is 58.3. The van der Waals surface area contributed by atoms with Crippen LogP contribution in [0.25, 0.3) is 0 Å². The van der Waals surface area contributed by atoms with Crippen molar-refractivity contribution in [1.82, 2.24) is 0 Å². The zero-order valence-corrected chi connectivity index (χ0v) is 56.5. The highest BCUT2D eigenvalue weighted by atomic mass is 31.2. The fraction of sp³-hybridized carbons (Fsp3) is 0.939. The molecular weight excluding hydrogens is 1130 g/mol. The minimum atomic E-state index is -4.95. The number of aliphatic hydroxyl groups is 1. The summed E-state index contributed by atoms with van der Waals surface area (Å²) in [6.45, 7) is 7.20. The predicted octanol–water partition coefficient (Wildman–Crippen LogP) is 18.6. The fourth-order valence-electron chi connectivity index (χ4n) is 9.90. The number of ether oxygens (including phenoxy) is 4. The van der Waals surface area contributed by atoms with Gasteiger partial charge in [-0.3, -0.25) is 37.3 Å². The summed E-state index contributed by atoms with van der Waals surface area (Å²) >= 11 is 0. The minimum Gasteiger partial charge on any atom is -0.462 e. The monoisotopic (exact) mass is 1250 g/mol. The molecule has 0 bridgehead atoms. The van der Waals surface area contributed by atoms with Crippen molar-refractivity contribution in [2.75, 3.05) is 39.6 Å². The van der Waals surface area contributed by atoms with Gasteiger partial charge in [-0.15, -0.1) is 0 Å². The Morgan fingerprint density at radius 2 is 0.565 bits per heavy atom. The van der Waals surface area contributed by atoms with Crippen molar-refractivity contribution in [3.05, 3.63) is 0 Å². The van der Waals surface area contributed by atoms with Crippen molar-refractivity contribution < 1.29 is 80.2 Å². The highest BCUT2D eigenvalue weighted by Gasteiger charge is 2.30. The van der Waals surface area contributed by atoms with E-state index in [2.05, 4.69) is 34.6 Å². The second-order valence-electron chi connectivity index (χ2n) is 24.1. The molecule has 3 unspecified atom stereocenters. The van der Waals surface area contributed by atoms with Crippen molar-refractivity contribution >= 4 is 39.5 Å². The van der Waals surface area contributed by atoms with Gasteiger partial charge in [0.2, 0.25) is 0 Å². The topological polar surface area (TPSA) is 237 Å². The number of phosphoric ester groups is 2. The van der Waals surface area contributed by atoms with Gasteiger partial charge in [-0.05, 0) is 31.6 Å². The van der Waals surface area contributed by atoms with E-state index < -0.39 is 97.5 Å². The van der Waals surface area contributed by atoms with E-state index in [9.17, 15) is 43.2 Å². The molecule has 6 atom stereocenters. The van der Waals surface area contributed by atoms with E-state index >= 15 is 0 Å². The van der Waals surface area contributed by atoms with E-state index in [1.807, 2.05) is 0 Å². The lowest BCUT2D eigenvalue weighted by Crippen LogP contribution is -2.30. The molecule has 0 radical (unpaired) electrons. The third-order valence-electron chi connectivity index (χ3n) is 15.6. The second kappa shape index (κ2) is 59.7.